The molecule has 1 N–H and O–H groups in total. The average Bonchev–Trinajstić information content (AvgIpc) is 2.89. The Labute approximate surface area is 230 Å². The molecule has 1 saturated carbocycles. The molecule has 214 valence electrons. The number of nitrogens with one attached hydrogen (secondary N) is 1. The number of benzene rings is 2. The molecule has 0 spiro atoms. The van der Waals surface area contributed by atoms with Crippen molar-refractivity contribution in [2.24, 2.45) is 0 Å². The molecule has 3 rings (SSSR count). The number of halogens is 2. The lowest BCUT2D eigenvalue weighted by atomic mass is 9.95. The summed E-state index contributed by atoms with van der Waals surface area (Å²) >= 11 is 0. The lowest BCUT2D eigenvalue weighted by molar-refractivity contribution is -0.141. The second-order valence-electron chi connectivity index (χ2n) is 10.3. The number of rotatable bonds is 12. The Morgan fingerprint density at radius 1 is 1.05 bits per heavy atom. The van der Waals surface area contributed by atoms with Crippen molar-refractivity contribution in [1.29, 1.82) is 0 Å². The van der Waals surface area contributed by atoms with Crippen molar-refractivity contribution in [3.8, 4) is 0 Å². The van der Waals surface area contributed by atoms with Crippen LogP contribution in [0.2, 0.25) is 0 Å². The van der Waals surface area contributed by atoms with E-state index in [1.54, 1.807) is 4.90 Å². The normalized spacial score (nSPS) is 15.0. The minimum absolute atomic E-state index is 0.0149. The molecule has 1 fully saturated rings. The molecular formula is C29H39F2N3O4S. The van der Waals surface area contributed by atoms with Gasteiger partial charge < -0.3 is 10.2 Å². The summed E-state index contributed by atoms with van der Waals surface area (Å²) in [6.07, 6.45) is 6.69. The molecule has 1 aliphatic rings. The van der Waals surface area contributed by atoms with Gasteiger partial charge >= 0.3 is 0 Å². The Bertz CT molecular complexity index is 1250. The highest BCUT2D eigenvalue weighted by molar-refractivity contribution is 7.92. The van der Waals surface area contributed by atoms with Crippen molar-refractivity contribution in [2.75, 3.05) is 17.1 Å². The zero-order valence-corrected chi connectivity index (χ0v) is 23.8. The predicted molar refractivity (Wildman–Crippen MR) is 149 cm³/mol. The first-order valence-corrected chi connectivity index (χ1v) is 15.4. The van der Waals surface area contributed by atoms with Crippen LogP contribution in [0, 0.1) is 18.6 Å². The summed E-state index contributed by atoms with van der Waals surface area (Å²) in [5.41, 5.74) is 1.91. The Balaban J connectivity index is 1.77. The Kier molecular flexibility index (Phi) is 10.9. The fraction of sp³-hybridized carbons (Fsp3) is 0.517. The molecule has 0 radical (unpaired) electrons. The fourth-order valence-electron chi connectivity index (χ4n) is 5.08. The summed E-state index contributed by atoms with van der Waals surface area (Å²) in [5.74, 6) is -2.68. The van der Waals surface area contributed by atoms with Gasteiger partial charge in [-0.3, -0.25) is 13.9 Å². The molecule has 2 aromatic rings. The van der Waals surface area contributed by atoms with Crippen LogP contribution in [0.15, 0.2) is 42.5 Å². The van der Waals surface area contributed by atoms with E-state index in [9.17, 15) is 26.8 Å². The topological polar surface area (TPSA) is 86.8 Å². The van der Waals surface area contributed by atoms with Gasteiger partial charge in [-0.05, 0) is 55.9 Å². The van der Waals surface area contributed by atoms with Crippen molar-refractivity contribution in [2.45, 2.75) is 83.8 Å². The molecular weight excluding hydrogens is 524 g/mol. The van der Waals surface area contributed by atoms with Gasteiger partial charge in [0.25, 0.3) is 0 Å². The maximum atomic E-state index is 13.8. The van der Waals surface area contributed by atoms with Crippen LogP contribution < -0.4 is 9.62 Å². The highest BCUT2D eigenvalue weighted by Gasteiger charge is 2.30. The molecule has 2 amide bonds. The maximum absolute atomic E-state index is 13.8. The molecule has 0 heterocycles. The predicted octanol–water partition coefficient (Wildman–Crippen LogP) is 5.08. The third-order valence-electron chi connectivity index (χ3n) is 7.28. The summed E-state index contributed by atoms with van der Waals surface area (Å²) in [6, 6.07) is 10.00. The van der Waals surface area contributed by atoms with E-state index in [0.717, 1.165) is 65.9 Å². The van der Waals surface area contributed by atoms with Gasteiger partial charge in [0.05, 0.1) is 11.9 Å². The molecule has 7 nitrogen and oxygen atoms in total. The summed E-state index contributed by atoms with van der Waals surface area (Å²) in [5, 5.41) is 3.14. The van der Waals surface area contributed by atoms with Crippen molar-refractivity contribution < 1.29 is 26.8 Å². The van der Waals surface area contributed by atoms with Crippen LogP contribution in [-0.4, -0.2) is 50.0 Å². The number of aryl methyl sites for hydroxylation is 1. The molecule has 0 aliphatic heterocycles. The van der Waals surface area contributed by atoms with Gasteiger partial charge in [0.15, 0.2) is 11.6 Å². The number of carbonyl (C=O) groups is 2. The second kappa shape index (κ2) is 13.9. The molecule has 1 aliphatic carbocycles. The minimum Gasteiger partial charge on any atom is -0.352 e. The molecule has 0 saturated heterocycles. The van der Waals surface area contributed by atoms with Crippen molar-refractivity contribution >= 4 is 27.5 Å². The number of anilines is 1. The van der Waals surface area contributed by atoms with Crippen LogP contribution in [0.4, 0.5) is 14.5 Å². The first-order valence-electron chi connectivity index (χ1n) is 13.6. The monoisotopic (exact) mass is 563 g/mol. The smallest absolute Gasteiger partial charge is 0.243 e. The van der Waals surface area contributed by atoms with Crippen molar-refractivity contribution in [3.05, 3.63) is 65.2 Å². The third-order valence-corrected chi connectivity index (χ3v) is 8.48. The largest absolute Gasteiger partial charge is 0.352 e. The maximum Gasteiger partial charge on any atom is 0.243 e. The van der Waals surface area contributed by atoms with Gasteiger partial charge in [-0.15, -0.1) is 0 Å². The lowest BCUT2D eigenvalue weighted by Gasteiger charge is -2.33. The standard InChI is InChI=1S/C29H39F2N3O4S/c1-4-27(29(36)32-23-13-6-5-7-14-23)33(20-22-12-9-8-11-21(22)2)28(35)15-10-18-34(39(3,37)38)24-16-17-25(30)26(31)19-24/h8-9,11-12,16-17,19,23,27H,4-7,10,13-15,18,20H2,1-3H3,(H,32,36)/t27-/m0/s1. The minimum atomic E-state index is -3.82. The molecule has 10 heteroatoms. The van der Waals surface area contributed by atoms with Crippen LogP contribution >= 0.6 is 0 Å². The van der Waals surface area contributed by atoms with E-state index in [0.29, 0.717) is 6.42 Å². The third kappa shape index (κ3) is 8.49. The molecule has 39 heavy (non-hydrogen) atoms. The van der Waals surface area contributed by atoms with Crippen LogP contribution in [0.25, 0.3) is 0 Å². The van der Waals surface area contributed by atoms with Gasteiger partial charge in [0.2, 0.25) is 21.8 Å². The zero-order valence-electron chi connectivity index (χ0n) is 23.0. The summed E-state index contributed by atoms with van der Waals surface area (Å²) in [6.45, 7) is 3.98. The van der Waals surface area contributed by atoms with Gasteiger partial charge in [-0.1, -0.05) is 50.5 Å². The number of carbonyl (C=O) groups excluding carboxylic acids is 2. The van der Waals surface area contributed by atoms with Gasteiger partial charge in [-0.25, -0.2) is 17.2 Å². The van der Waals surface area contributed by atoms with Gasteiger partial charge in [0, 0.05) is 31.6 Å². The van der Waals surface area contributed by atoms with E-state index in [2.05, 4.69) is 5.32 Å². The number of hydrogen-bond acceptors (Lipinski definition) is 4. The SMILES string of the molecule is CC[C@@H](C(=O)NC1CCCCC1)N(Cc1ccccc1C)C(=O)CCCN(c1ccc(F)c(F)c1)S(C)(=O)=O. The van der Waals surface area contributed by atoms with E-state index in [4.69, 9.17) is 0 Å². The second-order valence-corrected chi connectivity index (χ2v) is 12.2. The van der Waals surface area contributed by atoms with Crippen LogP contribution in [-0.2, 0) is 26.2 Å². The highest BCUT2D eigenvalue weighted by atomic mass is 32.2. The summed E-state index contributed by atoms with van der Waals surface area (Å²) in [4.78, 5) is 28.5. The molecule has 1 atom stereocenters. The van der Waals surface area contributed by atoms with Gasteiger partial charge in [0.1, 0.15) is 6.04 Å². The van der Waals surface area contributed by atoms with Crippen LogP contribution in [0.5, 0.6) is 0 Å². The molecule has 0 bridgehead atoms. The Morgan fingerprint density at radius 2 is 1.74 bits per heavy atom. The van der Waals surface area contributed by atoms with Crippen LogP contribution in [0.1, 0.15) is 69.4 Å². The van der Waals surface area contributed by atoms with Crippen molar-refractivity contribution in [1.82, 2.24) is 10.2 Å². The van der Waals surface area contributed by atoms with E-state index < -0.39 is 27.7 Å². The number of hydrogen-bond donors (Lipinski definition) is 1. The fourth-order valence-corrected chi connectivity index (χ4v) is 6.04. The quantitative estimate of drug-likeness (QED) is 0.391. The van der Waals surface area contributed by atoms with E-state index in [-0.39, 0.29) is 49.5 Å². The van der Waals surface area contributed by atoms with Crippen LogP contribution in [0.3, 0.4) is 0 Å². The first-order chi connectivity index (χ1) is 18.5. The summed E-state index contributed by atoms with van der Waals surface area (Å²) in [7, 11) is -3.82. The molecule has 0 unspecified atom stereocenters. The summed E-state index contributed by atoms with van der Waals surface area (Å²) < 4.78 is 53.0. The number of amides is 2. The number of nitrogens with zero attached hydrogens (tertiary/aromatic N) is 2. The highest BCUT2D eigenvalue weighted by Crippen LogP contribution is 2.23. The lowest BCUT2D eigenvalue weighted by Crippen LogP contribution is -2.51. The van der Waals surface area contributed by atoms with Gasteiger partial charge in [-0.2, -0.15) is 0 Å². The average molecular weight is 564 g/mol. The zero-order chi connectivity index (χ0) is 28.6. The first kappa shape index (κ1) is 30.5. The number of sulfonamides is 1. The van der Waals surface area contributed by atoms with E-state index in [1.165, 1.54) is 6.07 Å². The van der Waals surface area contributed by atoms with E-state index >= 15 is 0 Å². The molecule has 2 aromatic carbocycles. The van der Waals surface area contributed by atoms with E-state index in [1.807, 2.05) is 38.1 Å². The molecule has 0 aromatic heterocycles. The Morgan fingerprint density at radius 3 is 2.36 bits per heavy atom. The Hall–Kier alpha value is -3.01. The van der Waals surface area contributed by atoms with Crippen molar-refractivity contribution in [3.63, 3.8) is 0 Å².